The summed E-state index contributed by atoms with van der Waals surface area (Å²) in [5.74, 6) is 1.83. The molecule has 2 rings (SSSR count). The third-order valence-corrected chi connectivity index (χ3v) is 3.54. The Morgan fingerprint density at radius 2 is 2.00 bits per heavy atom. The molecule has 0 unspecified atom stereocenters. The van der Waals surface area contributed by atoms with Crippen molar-refractivity contribution in [1.29, 1.82) is 0 Å². The average Bonchev–Trinajstić information content (AvgIpc) is 3.01. The molecule has 0 atom stereocenters. The number of aromatic nitrogens is 2. The van der Waals surface area contributed by atoms with Gasteiger partial charge in [-0.2, -0.15) is 0 Å². The lowest BCUT2D eigenvalue weighted by Gasteiger charge is -2.11. The van der Waals surface area contributed by atoms with Crippen molar-refractivity contribution in [3.8, 4) is 0 Å². The zero-order valence-electron chi connectivity index (χ0n) is 14.1. The number of imidazole rings is 1. The number of hydrogen-bond acceptors (Lipinski definition) is 2. The van der Waals surface area contributed by atoms with E-state index >= 15 is 0 Å². The highest BCUT2D eigenvalue weighted by Crippen LogP contribution is 2.06. The molecule has 1 aromatic heterocycles. The molecule has 5 heteroatoms. The second-order valence-corrected chi connectivity index (χ2v) is 5.43. The Morgan fingerprint density at radius 3 is 2.74 bits per heavy atom. The van der Waals surface area contributed by atoms with Gasteiger partial charge in [0.2, 0.25) is 0 Å². The van der Waals surface area contributed by atoms with Crippen LogP contribution in [-0.4, -0.2) is 28.6 Å². The molecule has 0 aliphatic carbocycles. The van der Waals surface area contributed by atoms with E-state index in [4.69, 9.17) is 0 Å². The van der Waals surface area contributed by atoms with Crippen molar-refractivity contribution in [2.24, 2.45) is 4.99 Å². The maximum atomic E-state index is 4.64. The van der Waals surface area contributed by atoms with Crippen molar-refractivity contribution < 1.29 is 0 Å². The molecule has 2 aromatic rings. The maximum Gasteiger partial charge on any atom is 0.191 e. The second kappa shape index (κ2) is 9.66. The predicted molar refractivity (Wildman–Crippen MR) is 95.5 cm³/mol. The van der Waals surface area contributed by atoms with Crippen molar-refractivity contribution in [3.63, 3.8) is 0 Å². The Kier molecular flexibility index (Phi) is 7.17. The number of hydrogen-bond donors (Lipinski definition) is 2. The van der Waals surface area contributed by atoms with Gasteiger partial charge in [0.1, 0.15) is 12.4 Å². The summed E-state index contributed by atoms with van der Waals surface area (Å²) in [5, 5.41) is 6.63. The van der Waals surface area contributed by atoms with E-state index in [1.165, 1.54) is 12.0 Å². The van der Waals surface area contributed by atoms with Crippen LogP contribution in [0.3, 0.4) is 0 Å². The highest BCUT2D eigenvalue weighted by Gasteiger charge is 2.04. The third-order valence-electron chi connectivity index (χ3n) is 3.54. The molecule has 0 fully saturated rings. The predicted octanol–water partition coefficient (Wildman–Crippen LogP) is 2.79. The number of benzene rings is 1. The van der Waals surface area contributed by atoms with Gasteiger partial charge >= 0.3 is 0 Å². The fourth-order valence-electron chi connectivity index (χ4n) is 2.29. The largest absolute Gasteiger partial charge is 0.357 e. The molecule has 0 amide bonds. The summed E-state index contributed by atoms with van der Waals surface area (Å²) in [6.07, 6.45) is 6.17. The first-order chi connectivity index (χ1) is 11.3. The van der Waals surface area contributed by atoms with Gasteiger partial charge in [0, 0.05) is 32.0 Å². The van der Waals surface area contributed by atoms with Crippen molar-refractivity contribution in [2.75, 3.05) is 13.1 Å². The van der Waals surface area contributed by atoms with E-state index in [-0.39, 0.29) is 0 Å². The van der Waals surface area contributed by atoms with Crippen LogP contribution in [0.15, 0.2) is 47.7 Å². The SMILES string of the molecule is CCCCNC(=NCc1nccn1Cc1ccccc1)NCC. The molecule has 1 aromatic carbocycles. The van der Waals surface area contributed by atoms with E-state index in [0.717, 1.165) is 37.8 Å². The van der Waals surface area contributed by atoms with E-state index in [0.29, 0.717) is 6.54 Å². The lowest BCUT2D eigenvalue weighted by atomic mass is 10.2. The van der Waals surface area contributed by atoms with E-state index in [1.807, 2.05) is 18.5 Å². The molecule has 0 saturated heterocycles. The van der Waals surface area contributed by atoms with Crippen molar-refractivity contribution in [1.82, 2.24) is 20.2 Å². The average molecular weight is 313 g/mol. The van der Waals surface area contributed by atoms with Gasteiger partial charge in [0.25, 0.3) is 0 Å². The topological polar surface area (TPSA) is 54.2 Å². The normalized spacial score (nSPS) is 11.5. The maximum absolute atomic E-state index is 4.64. The molecule has 1 heterocycles. The summed E-state index contributed by atoms with van der Waals surface area (Å²) in [7, 11) is 0. The number of aliphatic imine (C=N–C) groups is 1. The smallest absolute Gasteiger partial charge is 0.191 e. The van der Waals surface area contributed by atoms with Crippen LogP contribution in [0.4, 0.5) is 0 Å². The van der Waals surface area contributed by atoms with Gasteiger partial charge in [-0.1, -0.05) is 43.7 Å². The highest BCUT2D eigenvalue weighted by atomic mass is 15.2. The zero-order chi connectivity index (χ0) is 16.3. The molecule has 23 heavy (non-hydrogen) atoms. The molecule has 2 N–H and O–H groups in total. The fourth-order valence-corrected chi connectivity index (χ4v) is 2.29. The van der Waals surface area contributed by atoms with Crippen LogP contribution in [0.1, 0.15) is 38.1 Å². The molecule has 124 valence electrons. The van der Waals surface area contributed by atoms with Crippen LogP contribution in [-0.2, 0) is 13.1 Å². The van der Waals surface area contributed by atoms with Gasteiger partial charge in [0.15, 0.2) is 5.96 Å². The Hall–Kier alpha value is -2.30. The fraction of sp³-hybridized carbons (Fsp3) is 0.444. The summed E-state index contributed by atoms with van der Waals surface area (Å²) in [6, 6.07) is 10.4. The van der Waals surface area contributed by atoms with Gasteiger partial charge in [-0.25, -0.2) is 9.98 Å². The minimum atomic E-state index is 0.571. The molecule has 0 spiro atoms. The number of nitrogens with one attached hydrogen (secondary N) is 2. The molecule has 0 radical (unpaired) electrons. The first kappa shape index (κ1) is 17.1. The third kappa shape index (κ3) is 5.77. The van der Waals surface area contributed by atoms with Gasteiger partial charge in [-0.3, -0.25) is 0 Å². The zero-order valence-corrected chi connectivity index (χ0v) is 14.1. The number of rotatable bonds is 8. The number of unbranched alkanes of at least 4 members (excludes halogenated alkanes) is 1. The molecule has 0 aliphatic heterocycles. The first-order valence-corrected chi connectivity index (χ1v) is 8.39. The van der Waals surface area contributed by atoms with Crippen LogP contribution < -0.4 is 10.6 Å². The number of guanidine groups is 1. The van der Waals surface area contributed by atoms with Crippen molar-refractivity contribution >= 4 is 5.96 Å². The lowest BCUT2D eigenvalue weighted by Crippen LogP contribution is -2.37. The van der Waals surface area contributed by atoms with Crippen LogP contribution in [0.2, 0.25) is 0 Å². The quantitative estimate of drug-likeness (QED) is 0.448. The molecule has 5 nitrogen and oxygen atoms in total. The Bertz CT molecular complexity index is 588. The lowest BCUT2D eigenvalue weighted by molar-refractivity contribution is 0.706. The van der Waals surface area contributed by atoms with Crippen molar-refractivity contribution in [3.05, 3.63) is 54.1 Å². The monoisotopic (exact) mass is 313 g/mol. The van der Waals surface area contributed by atoms with E-state index in [1.54, 1.807) is 0 Å². The first-order valence-electron chi connectivity index (χ1n) is 8.39. The van der Waals surface area contributed by atoms with Gasteiger partial charge in [-0.05, 0) is 18.9 Å². The summed E-state index contributed by atoms with van der Waals surface area (Å²) < 4.78 is 2.15. The standard InChI is InChI=1S/C18H27N5/c1-3-5-11-21-18(19-4-2)22-14-17-20-12-13-23(17)15-16-9-7-6-8-10-16/h6-10,12-13H,3-5,11,14-15H2,1-2H3,(H2,19,21,22). The Balaban J connectivity index is 1.98. The number of nitrogens with zero attached hydrogens (tertiary/aromatic N) is 3. The van der Waals surface area contributed by atoms with Gasteiger partial charge in [-0.15, -0.1) is 0 Å². The van der Waals surface area contributed by atoms with Crippen LogP contribution >= 0.6 is 0 Å². The Morgan fingerprint density at radius 1 is 1.17 bits per heavy atom. The minimum Gasteiger partial charge on any atom is -0.357 e. The van der Waals surface area contributed by atoms with Crippen molar-refractivity contribution in [2.45, 2.75) is 39.8 Å². The molecular weight excluding hydrogens is 286 g/mol. The van der Waals surface area contributed by atoms with E-state index in [2.05, 4.69) is 63.3 Å². The summed E-state index contributed by atoms with van der Waals surface area (Å²) in [6.45, 7) is 7.46. The van der Waals surface area contributed by atoms with Gasteiger partial charge < -0.3 is 15.2 Å². The van der Waals surface area contributed by atoms with Gasteiger partial charge in [0.05, 0.1) is 0 Å². The minimum absolute atomic E-state index is 0.571. The summed E-state index contributed by atoms with van der Waals surface area (Å²) >= 11 is 0. The van der Waals surface area contributed by atoms with Crippen LogP contribution in [0.25, 0.3) is 0 Å². The van der Waals surface area contributed by atoms with E-state index < -0.39 is 0 Å². The molecule has 0 bridgehead atoms. The van der Waals surface area contributed by atoms with E-state index in [9.17, 15) is 0 Å². The molecule has 0 saturated carbocycles. The Labute approximate surface area is 138 Å². The van der Waals surface area contributed by atoms with Crippen LogP contribution in [0, 0.1) is 0 Å². The highest BCUT2D eigenvalue weighted by molar-refractivity contribution is 5.79. The molecular formula is C18H27N5. The second-order valence-electron chi connectivity index (χ2n) is 5.43. The molecule has 0 aliphatic rings. The summed E-state index contributed by atoms with van der Waals surface area (Å²) in [5.41, 5.74) is 1.27. The van der Waals surface area contributed by atoms with Crippen LogP contribution in [0.5, 0.6) is 0 Å². The summed E-state index contributed by atoms with van der Waals surface area (Å²) in [4.78, 5) is 9.08.